The summed E-state index contributed by atoms with van der Waals surface area (Å²) in [5.74, 6) is 2.31. The summed E-state index contributed by atoms with van der Waals surface area (Å²) in [6.45, 7) is 6.48. The highest BCUT2D eigenvalue weighted by Crippen LogP contribution is 2.23. The van der Waals surface area contributed by atoms with Crippen LogP contribution in [0.1, 0.15) is 44.6 Å². The second-order valence-electron chi connectivity index (χ2n) is 7.25. The zero-order valence-electron chi connectivity index (χ0n) is 16.1. The fraction of sp³-hybridized carbons (Fsp3) is 0.700. The molecule has 1 saturated carbocycles. The van der Waals surface area contributed by atoms with Crippen molar-refractivity contribution in [2.45, 2.75) is 51.7 Å². The van der Waals surface area contributed by atoms with Crippen molar-refractivity contribution in [3.8, 4) is 5.88 Å². The smallest absolute Gasteiger partial charge is 0.213 e. The Kier molecular flexibility index (Phi) is 7.12. The summed E-state index contributed by atoms with van der Waals surface area (Å²) in [5.41, 5.74) is 1.14. The number of pyridine rings is 1. The number of hydrogen-bond donors (Lipinski definition) is 1. The van der Waals surface area contributed by atoms with Crippen molar-refractivity contribution in [3.63, 3.8) is 0 Å². The third-order valence-electron chi connectivity index (χ3n) is 5.12. The maximum atomic E-state index is 6.01. The molecule has 6 heteroatoms. The molecule has 0 spiro atoms. The SMILES string of the molecule is CCNC(=NCc1ccnc(OC2CCCC2)c1)N1CCC(COC)C1. The maximum Gasteiger partial charge on any atom is 0.213 e. The summed E-state index contributed by atoms with van der Waals surface area (Å²) < 4.78 is 11.3. The Morgan fingerprint density at radius 1 is 1.35 bits per heavy atom. The molecule has 1 aliphatic carbocycles. The van der Waals surface area contributed by atoms with Crippen LogP contribution in [0.3, 0.4) is 0 Å². The first-order valence-electron chi connectivity index (χ1n) is 9.92. The van der Waals surface area contributed by atoms with Gasteiger partial charge >= 0.3 is 0 Å². The molecule has 0 amide bonds. The van der Waals surface area contributed by atoms with Gasteiger partial charge in [0.2, 0.25) is 5.88 Å². The average Bonchev–Trinajstić information content (AvgIpc) is 3.31. The molecular formula is C20H32N4O2. The summed E-state index contributed by atoms with van der Waals surface area (Å²) in [7, 11) is 1.77. The summed E-state index contributed by atoms with van der Waals surface area (Å²) in [6.07, 6.45) is 8.14. The Hall–Kier alpha value is -1.82. The van der Waals surface area contributed by atoms with Gasteiger partial charge in [0.05, 0.1) is 13.2 Å². The molecule has 2 fully saturated rings. The van der Waals surface area contributed by atoms with Crippen LogP contribution in [0.5, 0.6) is 5.88 Å². The topological polar surface area (TPSA) is 59.0 Å². The van der Waals surface area contributed by atoms with Crippen LogP contribution in [0.15, 0.2) is 23.3 Å². The molecule has 3 rings (SSSR count). The van der Waals surface area contributed by atoms with Crippen LogP contribution in [-0.4, -0.2) is 55.3 Å². The minimum absolute atomic E-state index is 0.334. The van der Waals surface area contributed by atoms with Crippen molar-refractivity contribution < 1.29 is 9.47 Å². The van der Waals surface area contributed by atoms with Crippen molar-refractivity contribution in [3.05, 3.63) is 23.9 Å². The standard InChI is InChI=1S/C20H32N4O2/c1-3-21-20(24-11-9-17(14-24)15-25-2)23-13-16-8-10-22-19(12-16)26-18-6-4-5-7-18/h8,10,12,17-18H,3-7,9,11,13-15H2,1-2H3,(H,21,23). The van der Waals surface area contributed by atoms with E-state index in [4.69, 9.17) is 14.5 Å². The number of ether oxygens (including phenoxy) is 2. The van der Waals surface area contributed by atoms with Gasteiger partial charge in [-0.25, -0.2) is 9.98 Å². The number of methoxy groups -OCH3 is 1. The highest BCUT2D eigenvalue weighted by atomic mass is 16.5. The summed E-state index contributed by atoms with van der Waals surface area (Å²) in [5, 5.41) is 3.42. The highest BCUT2D eigenvalue weighted by Gasteiger charge is 2.24. The molecule has 144 valence electrons. The van der Waals surface area contributed by atoms with Gasteiger partial charge in [-0.3, -0.25) is 0 Å². The normalized spacial score (nSPS) is 21.4. The van der Waals surface area contributed by atoms with Crippen LogP contribution in [0.4, 0.5) is 0 Å². The van der Waals surface area contributed by atoms with Gasteiger partial charge in [-0.2, -0.15) is 0 Å². The van der Waals surface area contributed by atoms with Gasteiger partial charge in [0.25, 0.3) is 0 Å². The molecule has 0 aromatic carbocycles. The molecule has 0 bridgehead atoms. The van der Waals surface area contributed by atoms with E-state index in [1.54, 1.807) is 7.11 Å². The van der Waals surface area contributed by atoms with Crippen LogP contribution in [0.2, 0.25) is 0 Å². The second kappa shape index (κ2) is 9.76. The fourth-order valence-electron chi connectivity index (χ4n) is 3.78. The number of aliphatic imine (C=N–C) groups is 1. The van der Waals surface area contributed by atoms with Gasteiger partial charge in [0.1, 0.15) is 6.10 Å². The Balaban J connectivity index is 1.60. The van der Waals surface area contributed by atoms with E-state index >= 15 is 0 Å². The lowest BCUT2D eigenvalue weighted by Gasteiger charge is -2.21. The molecule has 1 saturated heterocycles. The minimum atomic E-state index is 0.334. The van der Waals surface area contributed by atoms with E-state index in [0.29, 0.717) is 18.6 Å². The number of nitrogens with zero attached hydrogens (tertiary/aromatic N) is 3. The lowest BCUT2D eigenvalue weighted by Crippen LogP contribution is -2.40. The largest absolute Gasteiger partial charge is 0.474 e. The summed E-state index contributed by atoms with van der Waals surface area (Å²) >= 11 is 0. The third-order valence-corrected chi connectivity index (χ3v) is 5.12. The Morgan fingerprint density at radius 3 is 2.96 bits per heavy atom. The zero-order chi connectivity index (χ0) is 18.2. The predicted molar refractivity (Wildman–Crippen MR) is 103 cm³/mol. The number of rotatable bonds is 7. The molecule has 6 nitrogen and oxygen atoms in total. The van der Waals surface area contributed by atoms with E-state index in [9.17, 15) is 0 Å². The van der Waals surface area contributed by atoms with Crippen molar-refractivity contribution in [2.24, 2.45) is 10.9 Å². The van der Waals surface area contributed by atoms with Gasteiger partial charge in [-0.05, 0) is 50.7 Å². The van der Waals surface area contributed by atoms with E-state index < -0.39 is 0 Å². The molecule has 1 atom stereocenters. The first kappa shape index (κ1) is 19.0. The van der Waals surface area contributed by atoms with Crippen molar-refractivity contribution in [1.82, 2.24) is 15.2 Å². The van der Waals surface area contributed by atoms with Gasteiger partial charge in [0, 0.05) is 44.9 Å². The average molecular weight is 361 g/mol. The Morgan fingerprint density at radius 2 is 2.19 bits per heavy atom. The first-order chi connectivity index (χ1) is 12.8. The van der Waals surface area contributed by atoms with Crippen molar-refractivity contribution in [2.75, 3.05) is 33.4 Å². The second-order valence-corrected chi connectivity index (χ2v) is 7.25. The van der Waals surface area contributed by atoms with E-state index in [-0.39, 0.29) is 0 Å². The van der Waals surface area contributed by atoms with Crippen LogP contribution in [-0.2, 0) is 11.3 Å². The van der Waals surface area contributed by atoms with Crippen LogP contribution >= 0.6 is 0 Å². The molecule has 1 N–H and O–H groups in total. The number of guanidine groups is 1. The van der Waals surface area contributed by atoms with Gasteiger partial charge in [-0.15, -0.1) is 0 Å². The number of hydrogen-bond acceptors (Lipinski definition) is 4. The third kappa shape index (κ3) is 5.34. The summed E-state index contributed by atoms with van der Waals surface area (Å²) in [4.78, 5) is 11.5. The lowest BCUT2D eigenvalue weighted by atomic mass is 10.1. The van der Waals surface area contributed by atoms with Crippen molar-refractivity contribution in [1.29, 1.82) is 0 Å². The van der Waals surface area contributed by atoms with E-state index in [1.165, 1.54) is 12.8 Å². The highest BCUT2D eigenvalue weighted by molar-refractivity contribution is 5.80. The monoisotopic (exact) mass is 360 g/mol. The quantitative estimate of drug-likeness (QED) is 0.598. The fourth-order valence-corrected chi connectivity index (χ4v) is 3.78. The van der Waals surface area contributed by atoms with Gasteiger partial charge < -0.3 is 19.7 Å². The summed E-state index contributed by atoms with van der Waals surface area (Å²) in [6, 6.07) is 4.05. The van der Waals surface area contributed by atoms with E-state index in [1.807, 2.05) is 18.3 Å². The predicted octanol–water partition coefficient (Wildman–Crippen LogP) is 2.84. The first-order valence-corrected chi connectivity index (χ1v) is 9.92. The van der Waals surface area contributed by atoms with Gasteiger partial charge in [-0.1, -0.05) is 0 Å². The van der Waals surface area contributed by atoms with Gasteiger partial charge in [0.15, 0.2) is 5.96 Å². The lowest BCUT2D eigenvalue weighted by molar-refractivity contribution is 0.157. The molecule has 2 aliphatic rings. The molecule has 2 heterocycles. The minimum Gasteiger partial charge on any atom is -0.474 e. The van der Waals surface area contributed by atoms with Crippen LogP contribution in [0.25, 0.3) is 0 Å². The molecule has 0 radical (unpaired) electrons. The van der Waals surface area contributed by atoms with Crippen LogP contribution in [0, 0.1) is 5.92 Å². The molecular weight excluding hydrogens is 328 g/mol. The number of nitrogens with one attached hydrogen (secondary N) is 1. The molecule has 1 aliphatic heterocycles. The number of likely N-dealkylation sites (tertiary alicyclic amines) is 1. The molecule has 1 aromatic rings. The van der Waals surface area contributed by atoms with E-state index in [0.717, 1.165) is 62.9 Å². The molecule has 26 heavy (non-hydrogen) atoms. The molecule has 1 aromatic heterocycles. The van der Waals surface area contributed by atoms with Crippen LogP contribution < -0.4 is 10.1 Å². The zero-order valence-corrected chi connectivity index (χ0v) is 16.1. The molecule has 1 unspecified atom stereocenters. The Bertz CT molecular complexity index is 587. The van der Waals surface area contributed by atoms with Crippen molar-refractivity contribution >= 4 is 5.96 Å². The number of aromatic nitrogens is 1. The maximum absolute atomic E-state index is 6.01. The van der Waals surface area contributed by atoms with E-state index in [2.05, 4.69) is 22.1 Å². The Labute approximate surface area is 157 Å².